The van der Waals surface area contributed by atoms with Crippen LogP contribution in [0.3, 0.4) is 0 Å². The fraction of sp³-hybridized carbons (Fsp3) is 0.333. The smallest absolute Gasteiger partial charge is 0.296 e. The minimum absolute atomic E-state index is 0.0808. The molecule has 0 saturated carbocycles. The minimum atomic E-state index is -0.524. The van der Waals surface area contributed by atoms with Gasteiger partial charge in [-0.05, 0) is 0 Å². The van der Waals surface area contributed by atoms with Crippen LogP contribution < -0.4 is 19.1 Å². The first-order chi connectivity index (χ1) is 8.62. The van der Waals surface area contributed by atoms with Crippen LogP contribution in [0.4, 0.5) is 5.69 Å². The number of carbonyl (C=O) groups is 2. The quantitative estimate of drug-likeness (QED) is 0.580. The molecule has 0 bridgehead atoms. The number of benzene rings is 1. The maximum absolute atomic E-state index is 11.4. The normalized spacial score (nSPS) is 14.3. The Morgan fingerprint density at radius 2 is 1.56 bits per heavy atom. The molecule has 1 saturated heterocycles. The number of anilines is 1. The number of amides is 1. The summed E-state index contributed by atoms with van der Waals surface area (Å²) < 4.78 is 15.5. The lowest BCUT2D eigenvalue weighted by Gasteiger charge is -2.29. The molecule has 1 fully saturated rings. The van der Waals surface area contributed by atoms with Crippen molar-refractivity contribution in [3.63, 3.8) is 0 Å². The number of β-lactam (4-membered cyclic amide) rings is 1. The molecule has 2 rings (SSSR count). The van der Waals surface area contributed by atoms with Crippen molar-refractivity contribution < 1.29 is 23.8 Å². The van der Waals surface area contributed by atoms with Crippen molar-refractivity contribution in [2.45, 2.75) is 0 Å². The maximum atomic E-state index is 11.4. The first kappa shape index (κ1) is 12.2. The Kier molecular flexibility index (Phi) is 3.10. The topological polar surface area (TPSA) is 65.1 Å². The molecule has 1 amide bonds. The Labute approximate surface area is 104 Å². The van der Waals surface area contributed by atoms with Gasteiger partial charge in [0.1, 0.15) is 0 Å². The molecule has 1 aliphatic rings. The van der Waals surface area contributed by atoms with Crippen LogP contribution in [-0.4, -0.2) is 39.6 Å². The highest BCUT2D eigenvalue weighted by molar-refractivity contribution is 6.50. The molecule has 0 aliphatic carbocycles. The van der Waals surface area contributed by atoms with E-state index in [0.717, 1.165) is 0 Å². The second kappa shape index (κ2) is 4.56. The van der Waals surface area contributed by atoms with Gasteiger partial charge in [-0.3, -0.25) is 14.5 Å². The molecule has 1 aromatic carbocycles. The molecular weight excluding hydrogens is 238 g/mol. The van der Waals surface area contributed by atoms with Crippen LogP contribution in [0, 0.1) is 0 Å². The Balaban J connectivity index is 2.44. The third-order valence-electron chi connectivity index (χ3n) is 2.75. The molecule has 18 heavy (non-hydrogen) atoms. The number of hydrogen-bond donors (Lipinski definition) is 0. The molecule has 0 radical (unpaired) electrons. The van der Waals surface area contributed by atoms with E-state index >= 15 is 0 Å². The average molecular weight is 251 g/mol. The van der Waals surface area contributed by atoms with Crippen LogP contribution in [0.5, 0.6) is 17.2 Å². The van der Waals surface area contributed by atoms with E-state index in [2.05, 4.69) is 0 Å². The summed E-state index contributed by atoms with van der Waals surface area (Å²) in [5.41, 5.74) is 0.550. The number of methoxy groups -OCH3 is 3. The van der Waals surface area contributed by atoms with Gasteiger partial charge < -0.3 is 14.2 Å². The van der Waals surface area contributed by atoms with Gasteiger partial charge in [-0.25, -0.2) is 0 Å². The molecule has 6 heteroatoms. The summed E-state index contributed by atoms with van der Waals surface area (Å²) in [5, 5.41) is 0. The van der Waals surface area contributed by atoms with Crippen molar-refractivity contribution in [2.24, 2.45) is 0 Å². The molecule has 1 aliphatic heterocycles. The van der Waals surface area contributed by atoms with Gasteiger partial charge in [0.05, 0.1) is 33.6 Å². The van der Waals surface area contributed by atoms with E-state index in [-0.39, 0.29) is 6.54 Å². The van der Waals surface area contributed by atoms with Crippen LogP contribution in [0.15, 0.2) is 12.1 Å². The Bertz CT molecular complexity index is 486. The molecule has 0 spiro atoms. The predicted molar refractivity (Wildman–Crippen MR) is 63.5 cm³/mol. The Hall–Kier alpha value is -2.24. The highest BCUT2D eigenvalue weighted by atomic mass is 16.5. The van der Waals surface area contributed by atoms with E-state index < -0.39 is 11.7 Å². The van der Waals surface area contributed by atoms with Crippen molar-refractivity contribution in [3.05, 3.63) is 12.1 Å². The van der Waals surface area contributed by atoms with Gasteiger partial charge in [0, 0.05) is 12.1 Å². The number of ether oxygens (including phenoxy) is 3. The van der Waals surface area contributed by atoms with Crippen molar-refractivity contribution in [2.75, 3.05) is 32.8 Å². The van der Waals surface area contributed by atoms with Crippen molar-refractivity contribution in [1.29, 1.82) is 0 Å². The number of carbonyl (C=O) groups excluding carboxylic acids is 2. The monoisotopic (exact) mass is 251 g/mol. The highest BCUT2D eigenvalue weighted by Crippen LogP contribution is 2.41. The lowest BCUT2D eigenvalue weighted by Crippen LogP contribution is -2.53. The lowest BCUT2D eigenvalue weighted by molar-refractivity contribution is -0.140. The summed E-state index contributed by atoms with van der Waals surface area (Å²) in [4.78, 5) is 23.7. The Morgan fingerprint density at radius 1 is 1.00 bits per heavy atom. The number of ketones is 1. The number of Topliss-reactive ketones (excluding diaryl/α,β-unsaturated/α-hetero) is 1. The number of rotatable bonds is 4. The van der Waals surface area contributed by atoms with E-state index in [4.69, 9.17) is 14.2 Å². The first-order valence-electron chi connectivity index (χ1n) is 5.27. The van der Waals surface area contributed by atoms with Crippen LogP contribution in [0.25, 0.3) is 0 Å². The van der Waals surface area contributed by atoms with Crippen molar-refractivity contribution >= 4 is 17.4 Å². The van der Waals surface area contributed by atoms with Gasteiger partial charge in [0.25, 0.3) is 5.91 Å². The zero-order chi connectivity index (χ0) is 13.3. The molecule has 1 aromatic rings. The third-order valence-corrected chi connectivity index (χ3v) is 2.75. The fourth-order valence-corrected chi connectivity index (χ4v) is 1.77. The summed E-state index contributed by atoms with van der Waals surface area (Å²) in [6.07, 6.45) is 0. The van der Waals surface area contributed by atoms with Gasteiger partial charge in [-0.15, -0.1) is 0 Å². The largest absolute Gasteiger partial charge is 0.493 e. The zero-order valence-electron chi connectivity index (χ0n) is 10.4. The Morgan fingerprint density at radius 3 is 1.89 bits per heavy atom. The van der Waals surface area contributed by atoms with Crippen LogP contribution >= 0.6 is 0 Å². The van der Waals surface area contributed by atoms with Crippen LogP contribution in [-0.2, 0) is 9.59 Å². The molecule has 1 heterocycles. The van der Waals surface area contributed by atoms with Crippen LogP contribution in [0.1, 0.15) is 0 Å². The van der Waals surface area contributed by atoms with E-state index in [0.29, 0.717) is 22.9 Å². The van der Waals surface area contributed by atoms with Crippen molar-refractivity contribution in [1.82, 2.24) is 0 Å². The third kappa shape index (κ3) is 1.75. The molecule has 0 aromatic heterocycles. The zero-order valence-corrected chi connectivity index (χ0v) is 10.4. The average Bonchev–Trinajstić information content (AvgIpc) is 2.42. The summed E-state index contributed by atoms with van der Waals surface area (Å²) in [5.74, 6) is 0.411. The molecule has 6 nitrogen and oxygen atoms in total. The summed E-state index contributed by atoms with van der Waals surface area (Å²) in [7, 11) is 4.48. The van der Waals surface area contributed by atoms with Gasteiger partial charge in [-0.1, -0.05) is 0 Å². The maximum Gasteiger partial charge on any atom is 0.296 e. The van der Waals surface area contributed by atoms with E-state index in [9.17, 15) is 9.59 Å². The summed E-state index contributed by atoms with van der Waals surface area (Å²) >= 11 is 0. The van der Waals surface area contributed by atoms with Crippen molar-refractivity contribution in [3.8, 4) is 17.2 Å². The van der Waals surface area contributed by atoms with E-state index in [1.807, 2.05) is 0 Å². The van der Waals surface area contributed by atoms with Crippen LogP contribution in [0.2, 0.25) is 0 Å². The lowest BCUT2D eigenvalue weighted by atomic mass is 10.1. The molecule has 0 unspecified atom stereocenters. The summed E-state index contributed by atoms with van der Waals surface area (Å²) in [6.45, 7) is 0.0808. The second-order valence-electron chi connectivity index (χ2n) is 3.70. The van der Waals surface area contributed by atoms with Gasteiger partial charge >= 0.3 is 0 Å². The number of hydrogen-bond acceptors (Lipinski definition) is 5. The molecule has 0 atom stereocenters. The van der Waals surface area contributed by atoms with Gasteiger partial charge in [0.15, 0.2) is 11.5 Å². The predicted octanol–water partition coefficient (Wildman–Crippen LogP) is 0.628. The standard InChI is InChI=1S/C12H13NO5/c1-16-9-4-7(13-6-8(14)12(13)15)5-10(17-2)11(9)18-3/h4-5H,6H2,1-3H3. The second-order valence-corrected chi connectivity index (χ2v) is 3.70. The molecule has 96 valence electrons. The van der Waals surface area contributed by atoms with E-state index in [1.54, 1.807) is 12.1 Å². The highest BCUT2D eigenvalue weighted by Gasteiger charge is 2.36. The first-order valence-corrected chi connectivity index (χ1v) is 5.27. The van der Waals surface area contributed by atoms with Gasteiger partial charge in [0.2, 0.25) is 11.5 Å². The fourth-order valence-electron chi connectivity index (χ4n) is 1.77. The van der Waals surface area contributed by atoms with E-state index in [1.165, 1.54) is 26.2 Å². The minimum Gasteiger partial charge on any atom is -0.493 e. The van der Waals surface area contributed by atoms with Gasteiger partial charge in [-0.2, -0.15) is 0 Å². The number of nitrogens with zero attached hydrogens (tertiary/aromatic N) is 1. The molecule has 0 N–H and O–H groups in total. The summed E-state index contributed by atoms with van der Waals surface area (Å²) in [6, 6.07) is 3.26. The molecular formula is C12H13NO5. The SMILES string of the molecule is COc1cc(N2CC(=O)C2=O)cc(OC)c1OC.